The third-order valence-corrected chi connectivity index (χ3v) is 7.88. The van der Waals surface area contributed by atoms with Crippen molar-refractivity contribution in [1.29, 1.82) is 0 Å². The van der Waals surface area contributed by atoms with Gasteiger partial charge in [-0.2, -0.15) is 0 Å². The van der Waals surface area contributed by atoms with E-state index in [0.29, 0.717) is 27.0 Å². The summed E-state index contributed by atoms with van der Waals surface area (Å²) in [6.07, 6.45) is 6.21. The van der Waals surface area contributed by atoms with E-state index in [0.717, 1.165) is 58.5 Å². The van der Waals surface area contributed by atoms with Crippen molar-refractivity contribution in [1.82, 2.24) is 4.98 Å². The van der Waals surface area contributed by atoms with E-state index in [2.05, 4.69) is 24.1 Å². The van der Waals surface area contributed by atoms with Gasteiger partial charge in [-0.25, -0.2) is 4.98 Å². The Kier molecular flexibility index (Phi) is 5.79. The highest BCUT2D eigenvalue weighted by Gasteiger charge is 2.25. The van der Waals surface area contributed by atoms with Gasteiger partial charge in [-0.3, -0.25) is 9.59 Å². The van der Waals surface area contributed by atoms with E-state index < -0.39 is 5.91 Å². The number of anilines is 2. The summed E-state index contributed by atoms with van der Waals surface area (Å²) in [4.78, 5) is 32.3. The maximum Gasteiger partial charge on any atom is 0.268 e. The largest absolute Gasteiger partial charge is 0.397 e. The van der Waals surface area contributed by atoms with Gasteiger partial charge in [0, 0.05) is 16.0 Å². The van der Waals surface area contributed by atoms with Gasteiger partial charge in [0.1, 0.15) is 14.7 Å². The van der Waals surface area contributed by atoms with Crippen LogP contribution >= 0.6 is 22.7 Å². The Labute approximate surface area is 183 Å². The van der Waals surface area contributed by atoms with Crippen LogP contribution in [0.5, 0.6) is 0 Å². The van der Waals surface area contributed by atoms with Crippen molar-refractivity contribution in [3.8, 4) is 0 Å². The molecule has 1 aliphatic rings. The van der Waals surface area contributed by atoms with Crippen molar-refractivity contribution < 1.29 is 9.59 Å². The quantitative estimate of drug-likeness (QED) is 0.523. The Balaban J connectivity index is 1.69. The zero-order valence-electron chi connectivity index (χ0n) is 17.2. The topological polar surface area (TPSA) is 111 Å². The van der Waals surface area contributed by atoms with Crippen LogP contribution < -0.4 is 16.8 Å². The molecule has 0 atom stereocenters. The molecule has 0 aliphatic heterocycles. The Morgan fingerprint density at radius 1 is 1.10 bits per heavy atom. The highest BCUT2D eigenvalue weighted by molar-refractivity contribution is 7.21. The highest BCUT2D eigenvalue weighted by atomic mass is 32.1. The molecule has 0 aromatic carbocycles. The molecule has 0 saturated carbocycles. The number of nitrogens with zero attached hydrogens (tertiary/aromatic N) is 1. The van der Waals surface area contributed by atoms with E-state index >= 15 is 0 Å². The van der Waals surface area contributed by atoms with E-state index in [9.17, 15) is 9.59 Å². The third-order valence-electron chi connectivity index (χ3n) is 5.56. The number of hydrogen-bond acceptors (Lipinski definition) is 6. The van der Waals surface area contributed by atoms with E-state index in [4.69, 9.17) is 11.5 Å². The number of aryl methyl sites for hydroxylation is 1. The smallest absolute Gasteiger partial charge is 0.268 e. The van der Waals surface area contributed by atoms with Crippen molar-refractivity contribution >= 4 is 55.4 Å². The molecule has 4 rings (SSSR count). The summed E-state index contributed by atoms with van der Waals surface area (Å²) >= 11 is 2.75. The van der Waals surface area contributed by atoms with Crippen molar-refractivity contribution in [3.05, 3.63) is 38.7 Å². The van der Waals surface area contributed by atoms with Gasteiger partial charge in [-0.15, -0.1) is 22.7 Å². The van der Waals surface area contributed by atoms with Crippen LogP contribution in [0.25, 0.3) is 10.2 Å². The van der Waals surface area contributed by atoms with Crippen LogP contribution in [0.15, 0.2) is 12.1 Å². The Bertz CT molecular complexity index is 1130. The monoisotopic (exact) mass is 442 g/mol. The molecule has 0 fully saturated rings. The fraction of sp³-hybridized carbons (Fsp3) is 0.409. The number of carbonyl (C=O) groups is 2. The zero-order chi connectivity index (χ0) is 21.4. The lowest BCUT2D eigenvalue weighted by Gasteiger charge is -2.10. The number of amides is 2. The number of hydrogen-bond donors (Lipinski definition) is 3. The van der Waals surface area contributed by atoms with Crippen LogP contribution in [0.1, 0.15) is 81.6 Å². The summed E-state index contributed by atoms with van der Waals surface area (Å²) in [7, 11) is 0. The number of pyridine rings is 1. The molecule has 3 heterocycles. The molecule has 0 saturated heterocycles. The van der Waals surface area contributed by atoms with Crippen LogP contribution in [0, 0.1) is 0 Å². The molecule has 30 heavy (non-hydrogen) atoms. The molecule has 3 aromatic rings. The average Bonchev–Trinajstić information content (AvgIpc) is 3.18. The SMILES string of the molecule is CC(C)c1ccc2c(N)c(C(=O)Nc3sc4c(c3C(N)=O)CCCCCC4)sc2n1. The lowest BCUT2D eigenvalue weighted by molar-refractivity contribution is 0.100. The second-order valence-electron chi connectivity index (χ2n) is 8.03. The van der Waals surface area contributed by atoms with Crippen LogP contribution in [-0.2, 0) is 12.8 Å². The van der Waals surface area contributed by atoms with Gasteiger partial charge in [-0.1, -0.05) is 26.7 Å². The van der Waals surface area contributed by atoms with Crippen molar-refractivity contribution in [3.63, 3.8) is 0 Å². The summed E-state index contributed by atoms with van der Waals surface area (Å²) in [6, 6.07) is 3.87. The number of fused-ring (bicyclic) bond motifs is 2. The van der Waals surface area contributed by atoms with Gasteiger partial charge in [-0.05, 0) is 49.3 Å². The van der Waals surface area contributed by atoms with Gasteiger partial charge in [0.05, 0.1) is 11.3 Å². The lowest BCUT2D eigenvalue weighted by atomic mass is 9.96. The molecular weight excluding hydrogens is 416 g/mol. The number of thiophene rings is 2. The standard InChI is InChI=1S/C22H26N4O2S2/c1-11(2)14-10-9-13-17(23)18(30-21(13)25-14)20(28)26-22-16(19(24)27)12-7-5-3-4-6-8-15(12)29-22/h9-11H,3-8,23H2,1-2H3,(H2,24,27)(H,26,28). The summed E-state index contributed by atoms with van der Waals surface area (Å²) < 4.78 is 0. The second-order valence-corrected chi connectivity index (χ2v) is 10.1. The van der Waals surface area contributed by atoms with E-state index in [-0.39, 0.29) is 5.91 Å². The van der Waals surface area contributed by atoms with Gasteiger partial charge in [0.25, 0.3) is 11.8 Å². The fourth-order valence-electron chi connectivity index (χ4n) is 3.93. The average molecular weight is 443 g/mol. The predicted octanol–water partition coefficient (Wildman–Crippen LogP) is 5.07. The number of aromatic nitrogens is 1. The predicted molar refractivity (Wildman–Crippen MR) is 125 cm³/mol. The van der Waals surface area contributed by atoms with Crippen LogP contribution in [0.4, 0.5) is 10.7 Å². The number of carbonyl (C=O) groups excluding carboxylic acids is 2. The van der Waals surface area contributed by atoms with Crippen molar-refractivity contribution in [2.45, 2.75) is 58.3 Å². The minimum absolute atomic E-state index is 0.290. The zero-order valence-corrected chi connectivity index (χ0v) is 18.8. The first-order valence-corrected chi connectivity index (χ1v) is 11.9. The summed E-state index contributed by atoms with van der Waals surface area (Å²) in [5, 5.41) is 4.24. The normalized spacial score (nSPS) is 14.4. The van der Waals surface area contributed by atoms with Gasteiger partial charge in [0.2, 0.25) is 0 Å². The van der Waals surface area contributed by atoms with Crippen LogP contribution in [0.2, 0.25) is 0 Å². The number of nitrogens with one attached hydrogen (secondary N) is 1. The van der Waals surface area contributed by atoms with Crippen LogP contribution in [-0.4, -0.2) is 16.8 Å². The second kappa shape index (κ2) is 8.35. The first-order chi connectivity index (χ1) is 14.4. The molecule has 0 radical (unpaired) electrons. The fourth-order valence-corrected chi connectivity index (χ4v) is 6.22. The Hall–Kier alpha value is -2.45. The molecule has 2 amide bonds. The molecule has 0 unspecified atom stereocenters. The molecule has 1 aliphatic carbocycles. The van der Waals surface area contributed by atoms with E-state index in [1.165, 1.54) is 29.1 Å². The maximum absolute atomic E-state index is 13.1. The molecule has 158 valence electrons. The Morgan fingerprint density at radius 2 is 1.83 bits per heavy atom. The Morgan fingerprint density at radius 3 is 2.53 bits per heavy atom. The minimum Gasteiger partial charge on any atom is -0.397 e. The molecule has 0 spiro atoms. The summed E-state index contributed by atoms with van der Waals surface area (Å²) in [5.41, 5.74) is 14.8. The lowest BCUT2D eigenvalue weighted by Crippen LogP contribution is -2.18. The van der Waals surface area contributed by atoms with Crippen molar-refractivity contribution in [2.75, 3.05) is 11.1 Å². The molecule has 8 heteroatoms. The maximum atomic E-state index is 13.1. The molecule has 5 N–H and O–H groups in total. The first kappa shape index (κ1) is 20.8. The number of nitrogen functional groups attached to an aromatic ring is 1. The number of nitrogens with two attached hydrogens (primary N) is 2. The third kappa shape index (κ3) is 3.81. The number of rotatable bonds is 4. The highest BCUT2D eigenvalue weighted by Crippen LogP contribution is 2.39. The molecular formula is C22H26N4O2S2. The first-order valence-electron chi connectivity index (χ1n) is 10.3. The molecule has 3 aromatic heterocycles. The van der Waals surface area contributed by atoms with Gasteiger partial charge >= 0.3 is 0 Å². The van der Waals surface area contributed by atoms with E-state index in [1.54, 1.807) is 0 Å². The van der Waals surface area contributed by atoms with Crippen molar-refractivity contribution in [2.24, 2.45) is 5.73 Å². The minimum atomic E-state index is -0.490. The summed E-state index contributed by atoms with van der Waals surface area (Å²) in [5.74, 6) is -0.520. The summed E-state index contributed by atoms with van der Waals surface area (Å²) in [6.45, 7) is 4.15. The van der Waals surface area contributed by atoms with Crippen LogP contribution in [0.3, 0.4) is 0 Å². The van der Waals surface area contributed by atoms with Gasteiger partial charge < -0.3 is 16.8 Å². The molecule has 0 bridgehead atoms. The number of primary amides is 1. The van der Waals surface area contributed by atoms with E-state index in [1.807, 2.05) is 12.1 Å². The molecule has 6 nitrogen and oxygen atoms in total. The van der Waals surface area contributed by atoms with Gasteiger partial charge in [0.15, 0.2) is 0 Å².